The number of aryl methyl sites for hydroxylation is 1. The van der Waals surface area contributed by atoms with Crippen LogP contribution in [-0.2, 0) is 4.79 Å². The first-order valence-corrected chi connectivity index (χ1v) is 3.98. The summed E-state index contributed by atoms with van der Waals surface area (Å²) in [7, 11) is 0. The van der Waals surface area contributed by atoms with Crippen molar-refractivity contribution in [2.24, 2.45) is 5.92 Å². The van der Waals surface area contributed by atoms with Crippen LogP contribution in [0.15, 0.2) is 4.52 Å². The van der Waals surface area contributed by atoms with E-state index in [2.05, 4.69) is 14.7 Å². The zero-order valence-corrected chi connectivity index (χ0v) is 7.92. The van der Waals surface area contributed by atoms with E-state index in [9.17, 15) is 18.0 Å². The Morgan fingerprint density at radius 1 is 1.53 bits per heavy atom. The Morgan fingerprint density at radius 3 is 2.53 bits per heavy atom. The second-order valence-electron chi connectivity index (χ2n) is 2.90. The van der Waals surface area contributed by atoms with Crippen LogP contribution in [0.2, 0.25) is 0 Å². The van der Waals surface area contributed by atoms with Gasteiger partial charge >= 0.3 is 12.2 Å². The maximum Gasteiger partial charge on any atom is 0.400 e. The first-order chi connectivity index (χ1) is 6.80. The van der Waals surface area contributed by atoms with Gasteiger partial charge in [-0.25, -0.2) is 0 Å². The third-order valence-electron chi connectivity index (χ3n) is 1.64. The molecule has 1 aromatic rings. The highest BCUT2D eigenvalue weighted by atomic mass is 19.4. The average molecular weight is 223 g/mol. The third-order valence-corrected chi connectivity index (χ3v) is 1.64. The predicted molar refractivity (Wildman–Crippen MR) is 42.9 cm³/mol. The zero-order valence-electron chi connectivity index (χ0n) is 7.92. The molecule has 84 valence electrons. The molecule has 1 amide bonds. The Balaban J connectivity index is 2.64. The summed E-state index contributed by atoms with van der Waals surface area (Å²) >= 11 is 0. The van der Waals surface area contributed by atoms with E-state index in [0.29, 0.717) is 0 Å². The zero-order chi connectivity index (χ0) is 11.6. The molecule has 0 saturated heterocycles. The fourth-order valence-corrected chi connectivity index (χ4v) is 0.710. The lowest BCUT2D eigenvalue weighted by Gasteiger charge is -2.13. The number of nitrogens with one attached hydrogen (secondary N) is 1. The number of hydrogen-bond donors (Lipinski definition) is 1. The Kier molecular flexibility index (Phi) is 2.96. The fraction of sp³-hybridized carbons (Fsp3) is 0.571. The molecule has 15 heavy (non-hydrogen) atoms. The van der Waals surface area contributed by atoms with Crippen molar-refractivity contribution in [3.63, 3.8) is 0 Å². The molecule has 0 spiro atoms. The average Bonchev–Trinajstić information content (AvgIpc) is 2.48. The standard InChI is InChI=1S/C7H8F3N3O2/c1-3(7(8,9)10)5(14)12-6-11-4(2)13-15-6/h3H,1-2H3,(H,11,12,13,14). The van der Waals surface area contributed by atoms with Crippen LogP contribution >= 0.6 is 0 Å². The van der Waals surface area contributed by atoms with Crippen molar-refractivity contribution in [3.05, 3.63) is 5.82 Å². The summed E-state index contributed by atoms with van der Waals surface area (Å²) in [5, 5.41) is 5.18. The number of halogens is 3. The monoisotopic (exact) mass is 223 g/mol. The number of nitrogens with zero attached hydrogens (tertiary/aromatic N) is 2. The van der Waals surface area contributed by atoms with Crippen LogP contribution in [0, 0.1) is 12.8 Å². The van der Waals surface area contributed by atoms with Gasteiger partial charge < -0.3 is 4.52 Å². The fourth-order valence-electron chi connectivity index (χ4n) is 0.710. The number of aromatic nitrogens is 2. The first kappa shape index (κ1) is 11.5. The number of carbonyl (C=O) groups is 1. The van der Waals surface area contributed by atoms with Gasteiger partial charge in [0.2, 0.25) is 5.91 Å². The van der Waals surface area contributed by atoms with Gasteiger partial charge in [-0.2, -0.15) is 18.2 Å². The number of rotatable bonds is 2. The summed E-state index contributed by atoms with van der Waals surface area (Å²) in [5.74, 6) is -3.12. The molecule has 1 rings (SSSR count). The van der Waals surface area contributed by atoms with E-state index in [1.54, 1.807) is 0 Å². The van der Waals surface area contributed by atoms with Crippen LogP contribution < -0.4 is 5.32 Å². The lowest BCUT2D eigenvalue weighted by Crippen LogP contribution is -2.32. The van der Waals surface area contributed by atoms with E-state index >= 15 is 0 Å². The Bertz CT molecular complexity index is 361. The Morgan fingerprint density at radius 2 is 2.13 bits per heavy atom. The SMILES string of the molecule is Cc1noc(NC(=O)C(C)C(F)(F)F)n1. The van der Waals surface area contributed by atoms with Gasteiger partial charge in [-0.3, -0.25) is 10.1 Å². The summed E-state index contributed by atoms with van der Waals surface area (Å²) in [6.07, 6.45) is -4.58. The van der Waals surface area contributed by atoms with Crippen molar-refractivity contribution >= 4 is 11.9 Å². The van der Waals surface area contributed by atoms with Crippen molar-refractivity contribution in [2.75, 3.05) is 5.32 Å². The number of alkyl halides is 3. The van der Waals surface area contributed by atoms with Gasteiger partial charge in [0, 0.05) is 0 Å². The first-order valence-electron chi connectivity index (χ1n) is 3.98. The van der Waals surface area contributed by atoms with Crippen LogP contribution in [0.4, 0.5) is 19.2 Å². The van der Waals surface area contributed by atoms with Crippen molar-refractivity contribution in [3.8, 4) is 0 Å². The third kappa shape index (κ3) is 2.93. The van der Waals surface area contributed by atoms with Crippen LogP contribution in [0.25, 0.3) is 0 Å². The molecule has 1 atom stereocenters. The molecule has 5 nitrogen and oxygen atoms in total. The molecular weight excluding hydrogens is 215 g/mol. The van der Waals surface area contributed by atoms with E-state index in [-0.39, 0.29) is 11.8 Å². The molecule has 0 saturated carbocycles. The second-order valence-corrected chi connectivity index (χ2v) is 2.90. The van der Waals surface area contributed by atoms with E-state index in [4.69, 9.17) is 0 Å². The molecule has 0 aromatic carbocycles. The molecular formula is C7H8F3N3O2. The number of anilines is 1. The quantitative estimate of drug-likeness (QED) is 0.825. The van der Waals surface area contributed by atoms with E-state index < -0.39 is 18.0 Å². The van der Waals surface area contributed by atoms with Gasteiger partial charge in [0.25, 0.3) is 0 Å². The van der Waals surface area contributed by atoms with Gasteiger partial charge in [0.15, 0.2) is 5.82 Å². The van der Waals surface area contributed by atoms with E-state index in [1.165, 1.54) is 6.92 Å². The minimum Gasteiger partial charge on any atom is -0.315 e. The van der Waals surface area contributed by atoms with Crippen LogP contribution in [0.1, 0.15) is 12.7 Å². The van der Waals surface area contributed by atoms with Crippen molar-refractivity contribution in [2.45, 2.75) is 20.0 Å². The van der Waals surface area contributed by atoms with Crippen molar-refractivity contribution in [1.29, 1.82) is 0 Å². The summed E-state index contributed by atoms with van der Waals surface area (Å²) < 4.78 is 40.7. The van der Waals surface area contributed by atoms with Crippen molar-refractivity contribution in [1.82, 2.24) is 10.1 Å². The van der Waals surface area contributed by atoms with Gasteiger partial charge in [-0.1, -0.05) is 5.16 Å². The predicted octanol–water partition coefficient (Wildman–Crippen LogP) is 1.51. The van der Waals surface area contributed by atoms with E-state index in [1.807, 2.05) is 5.32 Å². The molecule has 0 radical (unpaired) electrons. The number of amides is 1. The summed E-state index contributed by atoms with van der Waals surface area (Å²) in [6, 6.07) is -0.339. The summed E-state index contributed by atoms with van der Waals surface area (Å²) in [5.41, 5.74) is 0. The van der Waals surface area contributed by atoms with Crippen LogP contribution in [-0.4, -0.2) is 22.2 Å². The molecule has 1 aromatic heterocycles. The number of hydrogen-bond acceptors (Lipinski definition) is 4. The lowest BCUT2D eigenvalue weighted by molar-refractivity contribution is -0.175. The highest BCUT2D eigenvalue weighted by Crippen LogP contribution is 2.26. The van der Waals surface area contributed by atoms with Gasteiger partial charge in [-0.05, 0) is 13.8 Å². The van der Waals surface area contributed by atoms with Crippen LogP contribution in [0.3, 0.4) is 0 Å². The molecule has 1 heterocycles. The molecule has 0 aliphatic rings. The normalized spacial score (nSPS) is 13.7. The highest BCUT2D eigenvalue weighted by molar-refractivity contribution is 5.90. The minimum atomic E-state index is -4.58. The molecule has 0 fully saturated rings. The maximum absolute atomic E-state index is 12.1. The maximum atomic E-state index is 12.1. The Labute approximate surface area is 82.6 Å². The lowest BCUT2D eigenvalue weighted by atomic mass is 10.1. The van der Waals surface area contributed by atoms with Gasteiger partial charge in [0.1, 0.15) is 5.92 Å². The van der Waals surface area contributed by atoms with E-state index in [0.717, 1.165) is 6.92 Å². The van der Waals surface area contributed by atoms with Crippen LogP contribution in [0.5, 0.6) is 0 Å². The smallest absolute Gasteiger partial charge is 0.315 e. The number of carbonyl (C=O) groups excluding carboxylic acids is 1. The second kappa shape index (κ2) is 3.87. The highest BCUT2D eigenvalue weighted by Gasteiger charge is 2.41. The minimum absolute atomic E-state index is 0.227. The summed E-state index contributed by atoms with van der Waals surface area (Å²) in [6.45, 7) is 2.23. The van der Waals surface area contributed by atoms with Crippen molar-refractivity contribution < 1.29 is 22.5 Å². The van der Waals surface area contributed by atoms with Gasteiger partial charge in [-0.15, -0.1) is 0 Å². The summed E-state index contributed by atoms with van der Waals surface area (Å²) in [4.78, 5) is 14.5. The molecule has 8 heteroatoms. The Hall–Kier alpha value is -1.60. The molecule has 1 N–H and O–H groups in total. The topological polar surface area (TPSA) is 68.0 Å². The largest absolute Gasteiger partial charge is 0.400 e. The molecule has 1 unspecified atom stereocenters. The molecule has 0 aliphatic carbocycles. The van der Waals surface area contributed by atoms with Gasteiger partial charge in [0.05, 0.1) is 0 Å². The molecule has 0 aliphatic heterocycles. The molecule has 0 bridgehead atoms.